The Morgan fingerprint density at radius 2 is 2.19 bits per heavy atom. The Morgan fingerprint density at radius 3 is 2.75 bits per heavy atom. The van der Waals surface area contributed by atoms with Crippen LogP contribution in [0.5, 0.6) is 5.75 Å². The number of nitrogens with zero attached hydrogens (tertiary/aromatic N) is 1. The van der Waals surface area contributed by atoms with Crippen molar-refractivity contribution in [1.82, 2.24) is 5.32 Å². The molecule has 0 amide bonds. The quantitative estimate of drug-likeness (QED) is 0.845. The fourth-order valence-corrected chi connectivity index (χ4v) is 2.30. The van der Waals surface area contributed by atoms with E-state index in [2.05, 4.69) is 36.4 Å². The fraction of sp³-hybridized carbons (Fsp3) is 0.538. The fourth-order valence-electron chi connectivity index (χ4n) is 2.30. The van der Waals surface area contributed by atoms with Gasteiger partial charge in [0, 0.05) is 25.8 Å². The van der Waals surface area contributed by atoms with Gasteiger partial charge in [-0.05, 0) is 43.1 Å². The molecule has 3 heteroatoms. The van der Waals surface area contributed by atoms with Gasteiger partial charge in [0.1, 0.15) is 5.75 Å². The maximum Gasteiger partial charge on any atom is 0.119 e. The maximum absolute atomic E-state index is 5.30. The molecule has 0 saturated carbocycles. The number of hydrogen-bond acceptors (Lipinski definition) is 3. The third-order valence-corrected chi connectivity index (χ3v) is 3.15. The first-order valence-electron chi connectivity index (χ1n) is 5.81. The first-order chi connectivity index (χ1) is 7.72. The van der Waals surface area contributed by atoms with Gasteiger partial charge in [0.05, 0.1) is 7.11 Å². The van der Waals surface area contributed by atoms with Crippen LogP contribution in [0.1, 0.15) is 24.4 Å². The molecule has 0 aliphatic carbocycles. The molecular formula is C13H20N2O. The van der Waals surface area contributed by atoms with Crippen LogP contribution in [-0.2, 0) is 0 Å². The highest BCUT2D eigenvalue weighted by Crippen LogP contribution is 2.33. The van der Waals surface area contributed by atoms with Crippen LogP contribution in [-0.4, -0.2) is 27.7 Å². The minimum Gasteiger partial charge on any atom is -0.497 e. The summed E-state index contributed by atoms with van der Waals surface area (Å²) in [5, 5.41) is 3.54. The molecule has 1 N–H and O–H groups in total. The third-order valence-electron chi connectivity index (χ3n) is 3.15. The molecule has 1 heterocycles. The molecule has 0 spiro atoms. The molecule has 1 fully saturated rings. The van der Waals surface area contributed by atoms with Gasteiger partial charge in [-0.3, -0.25) is 0 Å². The Bertz CT molecular complexity index is 357. The van der Waals surface area contributed by atoms with Gasteiger partial charge >= 0.3 is 0 Å². The maximum atomic E-state index is 5.30. The minimum atomic E-state index is 0.479. The second kappa shape index (κ2) is 4.74. The molecule has 0 bridgehead atoms. The number of ether oxygens (including phenoxy) is 1. The predicted octanol–water partition coefficient (Wildman–Crippen LogP) is 2.19. The van der Waals surface area contributed by atoms with E-state index >= 15 is 0 Å². The van der Waals surface area contributed by atoms with Crippen molar-refractivity contribution in [3.05, 3.63) is 23.8 Å². The normalized spacial score (nSPS) is 19.8. The molecule has 1 aliphatic rings. The lowest BCUT2D eigenvalue weighted by molar-refractivity contribution is 0.413. The molecule has 2 rings (SSSR count). The van der Waals surface area contributed by atoms with Crippen LogP contribution >= 0.6 is 0 Å². The summed E-state index contributed by atoms with van der Waals surface area (Å²) in [5.74, 6) is 0.939. The molecule has 88 valence electrons. The molecule has 0 aromatic heterocycles. The van der Waals surface area contributed by atoms with E-state index in [0.717, 1.165) is 12.3 Å². The van der Waals surface area contributed by atoms with Gasteiger partial charge in [0.15, 0.2) is 0 Å². The molecule has 1 atom stereocenters. The highest BCUT2D eigenvalue weighted by Gasteiger charge is 2.20. The zero-order chi connectivity index (χ0) is 11.5. The first-order valence-corrected chi connectivity index (χ1v) is 5.81. The topological polar surface area (TPSA) is 24.5 Å². The summed E-state index contributed by atoms with van der Waals surface area (Å²) in [6.45, 7) is 1.12. The zero-order valence-corrected chi connectivity index (χ0v) is 10.3. The van der Waals surface area contributed by atoms with Crippen LogP contribution in [0.4, 0.5) is 5.69 Å². The van der Waals surface area contributed by atoms with Gasteiger partial charge in [-0.2, -0.15) is 0 Å². The van der Waals surface area contributed by atoms with Gasteiger partial charge in [-0.25, -0.2) is 0 Å². The average molecular weight is 220 g/mol. The molecule has 0 radical (unpaired) electrons. The summed E-state index contributed by atoms with van der Waals surface area (Å²) in [4.78, 5) is 2.16. The van der Waals surface area contributed by atoms with Gasteiger partial charge in [-0.1, -0.05) is 0 Å². The summed E-state index contributed by atoms with van der Waals surface area (Å²) in [5.41, 5.74) is 2.63. The molecule has 16 heavy (non-hydrogen) atoms. The average Bonchev–Trinajstić information content (AvgIpc) is 2.81. The highest BCUT2D eigenvalue weighted by molar-refractivity contribution is 5.57. The van der Waals surface area contributed by atoms with E-state index in [-0.39, 0.29) is 0 Å². The number of rotatable bonds is 3. The van der Waals surface area contributed by atoms with E-state index < -0.39 is 0 Å². The van der Waals surface area contributed by atoms with Crippen LogP contribution in [0.2, 0.25) is 0 Å². The monoisotopic (exact) mass is 220 g/mol. The second-order valence-electron chi connectivity index (χ2n) is 4.47. The minimum absolute atomic E-state index is 0.479. The van der Waals surface area contributed by atoms with Gasteiger partial charge in [0.2, 0.25) is 0 Å². The summed E-state index contributed by atoms with van der Waals surface area (Å²) in [6, 6.07) is 6.78. The Kier molecular flexibility index (Phi) is 3.34. The van der Waals surface area contributed by atoms with Gasteiger partial charge < -0.3 is 15.0 Å². The lowest BCUT2D eigenvalue weighted by Gasteiger charge is -2.22. The zero-order valence-electron chi connectivity index (χ0n) is 10.3. The molecule has 1 unspecified atom stereocenters. The van der Waals surface area contributed by atoms with Crippen LogP contribution in [0.25, 0.3) is 0 Å². The van der Waals surface area contributed by atoms with E-state index in [4.69, 9.17) is 4.74 Å². The Hall–Kier alpha value is -1.22. The summed E-state index contributed by atoms with van der Waals surface area (Å²) in [7, 11) is 5.89. The van der Waals surface area contributed by atoms with E-state index in [1.807, 2.05) is 6.07 Å². The van der Waals surface area contributed by atoms with Crippen molar-refractivity contribution in [2.75, 3.05) is 32.6 Å². The van der Waals surface area contributed by atoms with Crippen LogP contribution in [0, 0.1) is 0 Å². The standard InChI is InChI=1S/C13H20N2O/c1-15(2)13-7-6-10(16-3)9-11(13)12-5-4-8-14-12/h6-7,9,12,14H,4-5,8H2,1-3H3. The van der Waals surface area contributed by atoms with Crippen molar-refractivity contribution in [1.29, 1.82) is 0 Å². The number of anilines is 1. The molecule has 3 nitrogen and oxygen atoms in total. The predicted molar refractivity (Wildman–Crippen MR) is 67.3 cm³/mol. The second-order valence-corrected chi connectivity index (χ2v) is 4.47. The Labute approximate surface area is 97.4 Å². The van der Waals surface area contributed by atoms with Crippen molar-refractivity contribution in [3.8, 4) is 5.75 Å². The number of methoxy groups -OCH3 is 1. The van der Waals surface area contributed by atoms with Crippen molar-refractivity contribution in [2.45, 2.75) is 18.9 Å². The van der Waals surface area contributed by atoms with E-state index in [9.17, 15) is 0 Å². The molecule has 1 aromatic carbocycles. The Balaban J connectivity index is 2.37. The van der Waals surface area contributed by atoms with Crippen molar-refractivity contribution < 1.29 is 4.74 Å². The lowest BCUT2D eigenvalue weighted by atomic mass is 10.0. The van der Waals surface area contributed by atoms with Crippen molar-refractivity contribution in [2.24, 2.45) is 0 Å². The highest BCUT2D eigenvalue weighted by atomic mass is 16.5. The molecule has 1 aromatic rings. The number of hydrogen-bond donors (Lipinski definition) is 1. The van der Waals surface area contributed by atoms with Crippen molar-refractivity contribution >= 4 is 5.69 Å². The molecule has 1 aliphatic heterocycles. The smallest absolute Gasteiger partial charge is 0.119 e. The van der Waals surface area contributed by atoms with Crippen LogP contribution in [0.15, 0.2) is 18.2 Å². The summed E-state index contributed by atoms with van der Waals surface area (Å²) < 4.78 is 5.30. The van der Waals surface area contributed by atoms with Crippen LogP contribution in [0.3, 0.4) is 0 Å². The Morgan fingerprint density at radius 1 is 1.38 bits per heavy atom. The van der Waals surface area contributed by atoms with Gasteiger partial charge in [-0.15, -0.1) is 0 Å². The molecular weight excluding hydrogens is 200 g/mol. The van der Waals surface area contributed by atoms with Crippen molar-refractivity contribution in [3.63, 3.8) is 0 Å². The number of nitrogens with one attached hydrogen (secondary N) is 1. The first kappa shape index (κ1) is 11.3. The van der Waals surface area contributed by atoms with E-state index in [1.165, 1.54) is 24.1 Å². The van der Waals surface area contributed by atoms with Gasteiger partial charge in [0.25, 0.3) is 0 Å². The largest absolute Gasteiger partial charge is 0.497 e. The summed E-state index contributed by atoms with van der Waals surface area (Å²) in [6.07, 6.45) is 2.47. The van der Waals surface area contributed by atoms with E-state index in [1.54, 1.807) is 7.11 Å². The van der Waals surface area contributed by atoms with Crippen LogP contribution < -0.4 is 15.0 Å². The molecule has 1 saturated heterocycles. The van der Waals surface area contributed by atoms with E-state index in [0.29, 0.717) is 6.04 Å². The third kappa shape index (κ3) is 2.14. The SMILES string of the molecule is COc1ccc(N(C)C)c(C2CCCN2)c1. The summed E-state index contributed by atoms with van der Waals surface area (Å²) >= 11 is 0. The number of benzene rings is 1. The lowest BCUT2D eigenvalue weighted by Crippen LogP contribution is -2.18.